The zero-order chi connectivity index (χ0) is 10.1. The zero-order valence-corrected chi connectivity index (χ0v) is 8.95. The van der Waals surface area contributed by atoms with E-state index in [0.29, 0.717) is 10.3 Å². The molecule has 0 atom stereocenters. The number of aromatic nitrogens is 4. The van der Waals surface area contributed by atoms with Crippen LogP contribution in [0.2, 0.25) is 0 Å². The van der Waals surface area contributed by atoms with Crippen molar-refractivity contribution in [2.75, 3.05) is 0 Å². The van der Waals surface area contributed by atoms with Crippen LogP contribution in [-0.2, 0) is 0 Å². The molecule has 72 valence electrons. The van der Waals surface area contributed by atoms with Crippen molar-refractivity contribution >= 4 is 15.9 Å². The Labute approximate surface area is 87.9 Å². The first-order valence-corrected chi connectivity index (χ1v) is 4.73. The van der Waals surface area contributed by atoms with Gasteiger partial charge in [-0.3, -0.25) is 9.89 Å². The number of rotatable bonds is 1. The van der Waals surface area contributed by atoms with Gasteiger partial charge in [0.25, 0.3) is 5.56 Å². The summed E-state index contributed by atoms with van der Waals surface area (Å²) in [6.07, 6.45) is 2.98. The molecule has 0 aliphatic rings. The van der Waals surface area contributed by atoms with Gasteiger partial charge in [0.15, 0.2) is 5.82 Å². The van der Waals surface area contributed by atoms with Crippen LogP contribution in [-0.4, -0.2) is 19.7 Å². The second-order valence-corrected chi connectivity index (χ2v) is 3.55. The van der Waals surface area contributed by atoms with Gasteiger partial charge in [-0.2, -0.15) is 0 Å². The summed E-state index contributed by atoms with van der Waals surface area (Å²) in [4.78, 5) is 19.4. The maximum Gasteiger partial charge on any atom is 0.287 e. The first-order valence-electron chi connectivity index (χ1n) is 3.93. The van der Waals surface area contributed by atoms with E-state index in [9.17, 15) is 4.79 Å². The van der Waals surface area contributed by atoms with Gasteiger partial charge >= 0.3 is 0 Å². The minimum atomic E-state index is -0.152. The lowest BCUT2D eigenvalue weighted by Gasteiger charge is -1.97. The van der Waals surface area contributed by atoms with Crippen LogP contribution in [0, 0.1) is 6.92 Å². The van der Waals surface area contributed by atoms with Crippen molar-refractivity contribution in [3.05, 3.63) is 39.1 Å². The predicted octanol–water partition coefficient (Wildman–Crippen LogP) is 1.03. The molecule has 0 saturated carbocycles. The molecule has 0 unspecified atom stereocenters. The molecule has 0 fully saturated rings. The lowest BCUT2D eigenvalue weighted by molar-refractivity contribution is 0.801. The van der Waals surface area contributed by atoms with E-state index in [1.807, 2.05) is 6.92 Å². The highest BCUT2D eigenvalue weighted by Gasteiger charge is 2.09. The molecule has 0 amide bonds. The van der Waals surface area contributed by atoms with Gasteiger partial charge in [0, 0.05) is 18.0 Å². The minimum absolute atomic E-state index is 0.152. The van der Waals surface area contributed by atoms with E-state index in [1.165, 1.54) is 11.0 Å². The van der Waals surface area contributed by atoms with Crippen LogP contribution in [0.3, 0.4) is 0 Å². The fourth-order valence-corrected chi connectivity index (χ4v) is 1.37. The average Bonchev–Trinajstić information content (AvgIpc) is 2.47. The number of hydrogen-bond donors (Lipinski definition) is 1. The van der Waals surface area contributed by atoms with Crippen molar-refractivity contribution < 1.29 is 0 Å². The van der Waals surface area contributed by atoms with Crippen molar-refractivity contribution in [1.82, 2.24) is 19.7 Å². The third-order valence-corrected chi connectivity index (χ3v) is 2.73. The second kappa shape index (κ2) is 3.38. The predicted molar refractivity (Wildman–Crippen MR) is 54.4 cm³/mol. The highest BCUT2D eigenvalue weighted by atomic mass is 79.9. The third kappa shape index (κ3) is 1.37. The smallest absolute Gasteiger partial charge is 0.287 e. The Morgan fingerprint density at radius 2 is 2.36 bits per heavy atom. The number of halogens is 1. The quantitative estimate of drug-likeness (QED) is 0.827. The summed E-state index contributed by atoms with van der Waals surface area (Å²) in [6, 6.07) is 1.66. The molecular formula is C8H7BrN4O. The van der Waals surface area contributed by atoms with Gasteiger partial charge in [0.2, 0.25) is 0 Å². The molecule has 0 spiro atoms. The van der Waals surface area contributed by atoms with Crippen molar-refractivity contribution in [3.63, 3.8) is 0 Å². The molecule has 1 N–H and O–H groups in total. The number of nitrogens with zero attached hydrogens (tertiary/aromatic N) is 3. The minimum Gasteiger partial charge on any atom is -0.293 e. The Bertz CT molecular complexity index is 502. The highest BCUT2D eigenvalue weighted by Crippen LogP contribution is 2.09. The lowest BCUT2D eigenvalue weighted by Crippen LogP contribution is -2.15. The van der Waals surface area contributed by atoms with E-state index in [-0.39, 0.29) is 5.56 Å². The van der Waals surface area contributed by atoms with E-state index < -0.39 is 0 Å². The van der Waals surface area contributed by atoms with Crippen LogP contribution in [0.1, 0.15) is 5.69 Å². The Hall–Kier alpha value is -1.43. The summed E-state index contributed by atoms with van der Waals surface area (Å²) in [7, 11) is 0. The number of hydrogen-bond acceptors (Lipinski definition) is 3. The molecule has 6 heteroatoms. The van der Waals surface area contributed by atoms with Gasteiger partial charge in [0.1, 0.15) is 10.8 Å². The van der Waals surface area contributed by atoms with Crippen LogP contribution in [0.4, 0.5) is 0 Å². The van der Waals surface area contributed by atoms with Gasteiger partial charge in [-0.1, -0.05) is 0 Å². The summed E-state index contributed by atoms with van der Waals surface area (Å²) < 4.78 is 1.89. The Balaban J connectivity index is 2.64. The Kier molecular flexibility index (Phi) is 2.20. The second-order valence-electron chi connectivity index (χ2n) is 2.76. The van der Waals surface area contributed by atoms with Crippen LogP contribution < -0.4 is 5.56 Å². The van der Waals surface area contributed by atoms with Crippen molar-refractivity contribution in [2.45, 2.75) is 6.92 Å². The molecule has 0 saturated heterocycles. The Morgan fingerprint density at radius 1 is 1.57 bits per heavy atom. The summed E-state index contributed by atoms with van der Waals surface area (Å²) in [5, 5.41) is 2.90. The van der Waals surface area contributed by atoms with Gasteiger partial charge < -0.3 is 0 Å². The summed E-state index contributed by atoms with van der Waals surface area (Å²) in [5.41, 5.74) is 0.620. The van der Waals surface area contributed by atoms with Gasteiger partial charge in [-0.05, 0) is 22.9 Å². The molecule has 0 aliphatic carbocycles. The largest absolute Gasteiger partial charge is 0.293 e. The Morgan fingerprint density at radius 3 is 2.86 bits per heavy atom. The number of aromatic amines is 1. The SMILES string of the molecule is Cc1[nH]n(-c2ccncn2)c(=O)c1Br. The van der Waals surface area contributed by atoms with E-state index >= 15 is 0 Å². The zero-order valence-electron chi connectivity index (χ0n) is 7.36. The molecule has 0 aromatic carbocycles. The monoisotopic (exact) mass is 254 g/mol. The topological polar surface area (TPSA) is 63.6 Å². The number of nitrogens with one attached hydrogen (secondary N) is 1. The third-order valence-electron chi connectivity index (χ3n) is 1.80. The van der Waals surface area contributed by atoms with E-state index in [2.05, 4.69) is 31.0 Å². The number of H-pyrrole nitrogens is 1. The van der Waals surface area contributed by atoms with Crippen LogP contribution in [0.5, 0.6) is 0 Å². The lowest BCUT2D eigenvalue weighted by atomic mass is 10.5. The molecule has 0 radical (unpaired) electrons. The van der Waals surface area contributed by atoms with E-state index in [1.54, 1.807) is 12.3 Å². The first-order chi connectivity index (χ1) is 6.70. The fourth-order valence-electron chi connectivity index (χ4n) is 1.10. The van der Waals surface area contributed by atoms with Crippen molar-refractivity contribution in [2.24, 2.45) is 0 Å². The molecule has 0 aliphatic heterocycles. The van der Waals surface area contributed by atoms with E-state index in [0.717, 1.165) is 5.69 Å². The van der Waals surface area contributed by atoms with Crippen LogP contribution in [0.15, 0.2) is 27.9 Å². The molecule has 0 bridgehead atoms. The molecule has 2 rings (SSSR count). The normalized spacial score (nSPS) is 10.4. The van der Waals surface area contributed by atoms with Crippen molar-refractivity contribution in [3.8, 4) is 5.82 Å². The van der Waals surface area contributed by atoms with Gasteiger partial charge in [-0.25, -0.2) is 14.6 Å². The van der Waals surface area contributed by atoms with Gasteiger partial charge in [0.05, 0.1) is 0 Å². The highest BCUT2D eigenvalue weighted by molar-refractivity contribution is 9.10. The van der Waals surface area contributed by atoms with Gasteiger partial charge in [-0.15, -0.1) is 0 Å². The average molecular weight is 255 g/mol. The van der Waals surface area contributed by atoms with Crippen molar-refractivity contribution in [1.29, 1.82) is 0 Å². The molecule has 14 heavy (non-hydrogen) atoms. The first kappa shape index (κ1) is 9.14. The summed E-state index contributed by atoms with van der Waals surface area (Å²) >= 11 is 3.19. The maximum absolute atomic E-state index is 11.6. The standard InChI is InChI=1S/C8H7BrN4O/c1-5-7(9)8(14)13(12-5)6-2-3-10-4-11-6/h2-4,12H,1H3. The maximum atomic E-state index is 11.6. The molecule has 5 nitrogen and oxygen atoms in total. The molecular weight excluding hydrogens is 248 g/mol. The fraction of sp³-hybridized carbons (Fsp3) is 0.125. The van der Waals surface area contributed by atoms with Crippen LogP contribution in [0.25, 0.3) is 5.82 Å². The molecule has 2 aromatic rings. The molecule has 2 aromatic heterocycles. The van der Waals surface area contributed by atoms with Crippen LogP contribution >= 0.6 is 15.9 Å². The number of aryl methyl sites for hydroxylation is 1. The van der Waals surface area contributed by atoms with E-state index in [4.69, 9.17) is 0 Å². The molecule has 2 heterocycles. The summed E-state index contributed by atoms with van der Waals surface area (Å²) in [5.74, 6) is 0.527. The summed E-state index contributed by atoms with van der Waals surface area (Å²) in [6.45, 7) is 1.81.